The molecule has 4 N–H and O–H groups in total. The number of aliphatic hydroxyl groups excluding tert-OH is 1. The Bertz CT molecular complexity index is 544. The van der Waals surface area contributed by atoms with E-state index < -0.39 is 0 Å². The number of aromatic nitrogens is 2. The normalized spacial score (nSPS) is 12.6. The molecule has 5 heteroatoms. The van der Waals surface area contributed by atoms with Crippen molar-refractivity contribution in [3.63, 3.8) is 0 Å². The quantitative estimate of drug-likeness (QED) is 0.729. The molecule has 2 aromatic rings. The lowest BCUT2D eigenvalue weighted by Crippen LogP contribution is -2.19. The van der Waals surface area contributed by atoms with Gasteiger partial charge in [-0.1, -0.05) is 19.1 Å². The third-order valence-corrected chi connectivity index (χ3v) is 2.99. The zero-order valence-corrected chi connectivity index (χ0v) is 11.1. The van der Waals surface area contributed by atoms with Crippen LogP contribution in [0.1, 0.15) is 19.2 Å². The average molecular weight is 260 g/mol. The maximum atomic E-state index is 9.64. The highest BCUT2D eigenvalue weighted by atomic mass is 16.3. The minimum Gasteiger partial charge on any atom is -0.391 e. The summed E-state index contributed by atoms with van der Waals surface area (Å²) in [6.45, 7) is 2.96. The van der Waals surface area contributed by atoms with Crippen LogP contribution in [0.3, 0.4) is 0 Å². The van der Waals surface area contributed by atoms with Crippen molar-refractivity contribution in [2.24, 2.45) is 5.73 Å². The van der Waals surface area contributed by atoms with Crippen molar-refractivity contribution in [2.45, 2.75) is 25.9 Å². The molecule has 102 valence electrons. The van der Waals surface area contributed by atoms with Crippen molar-refractivity contribution in [1.29, 1.82) is 0 Å². The SMILES string of the molecule is CCC(O)CNc1nc(CCN)nc2ccccc12. The van der Waals surface area contributed by atoms with Crippen molar-refractivity contribution in [3.8, 4) is 0 Å². The van der Waals surface area contributed by atoms with Crippen LogP contribution in [0.2, 0.25) is 0 Å². The number of anilines is 1. The summed E-state index contributed by atoms with van der Waals surface area (Å²) in [4.78, 5) is 8.96. The Morgan fingerprint density at radius 2 is 2.11 bits per heavy atom. The summed E-state index contributed by atoms with van der Waals surface area (Å²) in [7, 11) is 0. The van der Waals surface area contributed by atoms with E-state index in [2.05, 4.69) is 15.3 Å². The van der Waals surface area contributed by atoms with Gasteiger partial charge in [-0.05, 0) is 25.1 Å². The number of hydrogen-bond acceptors (Lipinski definition) is 5. The molecule has 1 aromatic heterocycles. The van der Waals surface area contributed by atoms with Gasteiger partial charge in [0.15, 0.2) is 0 Å². The molecular formula is C14H20N4O. The lowest BCUT2D eigenvalue weighted by molar-refractivity contribution is 0.183. The van der Waals surface area contributed by atoms with Gasteiger partial charge in [-0.2, -0.15) is 0 Å². The number of nitrogens with two attached hydrogens (primary N) is 1. The second-order valence-electron chi connectivity index (χ2n) is 4.49. The number of hydrogen-bond donors (Lipinski definition) is 3. The van der Waals surface area contributed by atoms with Crippen LogP contribution in [0.5, 0.6) is 0 Å². The fourth-order valence-corrected chi connectivity index (χ4v) is 1.86. The monoisotopic (exact) mass is 260 g/mol. The predicted molar refractivity (Wildman–Crippen MR) is 77.1 cm³/mol. The Labute approximate surface area is 112 Å². The van der Waals surface area contributed by atoms with E-state index in [0.717, 1.165) is 22.5 Å². The first-order valence-corrected chi connectivity index (χ1v) is 6.62. The number of nitrogens with zero attached hydrogens (tertiary/aromatic N) is 2. The molecule has 1 aromatic carbocycles. The number of rotatable bonds is 6. The highest BCUT2D eigenvalue weighted by Gasteiger charge is 2.08. The van der Waals surface area contributed by atoms with Gasteiger partial charge in [0.2, 0.25) is 0 Å². The standard InChI is InChI=1S/C14H20N4O/c1-2-10(19)9-16-14-11-5-3-4-6-12(11)17-13(18-14)7-8-15/h3-6,10,19H,2,7-9,15H2,1H3,(H,16,17,18). The Morgan fingerprint density at radius 3 is 2.84 bits per heavy atom. The van der Waals surface area contributed by atoms with Gasteiger partial charge in [-0.15, -0.1) is 0 Å². The molecular weight excluding hydrogens is 240 g/mol. The first kappa shape index (κ1) is 13.7. The van der Waals surface area contributed by atoms with E-state index >= 15 is 0 Å². The van der Waals surface area contributed by atoms with Gasteiger partial charge in [-0.3, -0.25) is 0 Å². The zero-order chi connectivity index (χ0) is 13.7. The van der Waals surface area contributed by atoms with Crippen LogP contribution in [0.4, 0.5) is 5.82 Å². The summed E-state index contributed by atoms with van der Waals surface area (Å²) in [5.74, 6) is 1.50. The largest absolute Gasteiger partial charge is 0.391 e. The molecule has 19 heavy (non-hydrogen) atoms. The van der Waals surface area contributed by atoms with E-state index in [1.165, 1.54) is 0 Å². The molecule has 1 unspecified atom stereocenters. The minimum atomic E-state index is -0.369. The summed E-state index contributed by atoms with van der Waals surface area (Å²) in [5.41, 5.74) is 6.46. The fourth-order valence-electron chi connectivity index (χ4n) is 1.86. The molecule has 1 atom stereocenters. The van der Waals surface area contributed by atoms with E-state index in [1.807, 2.05) is 31.2 Å². The molecule has 0 aliphatic heterocycles. The molecule has 5 nitrogen and oxygen atoms in total. The summed E-state index contributed by atoms with van der Waals surface area (Å²) >= 11 is 0. The summed E-state index contributed by atoms with van der Waals surface area (Å²) < 4.78 is 0. The Hall–Kier alpha value is -1.72. The molecule has 0 spiro atoms. The van der Waals surface area contributed by atoms with Crippen molar-refractivity contribution in [2.75, 3.05) is 18.4 Å². The van der Waals surface area contributed by atoms with Crippen molar-refractivity contribution in [3.05, 3.63) is 30.1 Å². The van der Waals surface area contributed by atoms with Crippen LogP contribution < -0.4 is 11.1 Å². The third kappa shape index (κ3) is 3.39. The molecule has 2 rings (SSSR count). The summed E-state index contributed by atoms with van der Waals surface area (Å²) in [6, 6.07) is 7.84. The second kappa shape index (κ2) is 6.45. The number of nitrogens with one attached hydrogen (secondary N) is 1. The molecule has 0 fully saturated rings. The molecule has 0 saturated carbocycles. The van der Waals surface area contributed by atoms with Gasteiger partial charge in [0.25, 0.3) is 0 Å². The van der Waals surface area contributed by atoms with Crippen LogP contribution in [-0.4, -0.2) is 34.3 Å². The molecule has 1 heterocycles. The van der Waals surface area contributed by atoms with Crippen molar-refractivity contribution >= 4 is 16.7 Å². The van der Waals surface area contributed by atoms with Crippen LogP contribution in [0, 0.1) is 0 Å². The molecule has 0 saturated heterocycles. The molecule has 0 radical (unpaired) electrons. The molecule has 0 aliphatic rings. The fraction of sp³-hybridized carbons (Fsp3) is 0.429. The predicted octanol–water partition coefficient (Wildman–Crippen LogP) is 1.31. The van der Waals surface area contributed by atoms with Crippen LogP contribution in [0.15, 0.2) is 24.3 Å². The van der Waals surface area contributed by atoms with Gasteiger partial charge >= 0.3 is 0 Å². The van der Waals surface area contributed by atoms with Crippen LogP contribution in [-0.2, 0) is 6.42 Å². The average Bonchev–Trinajstić information content (AvgIpc) is 2.44. The number of benzene rings is 1. The second-order valence-corrected chi connectivity index (χ2v) is 4.49. The van der Waals surface area contributed by atoms with Gasteiger partial charge < -0.3 is 16.2 Å². The van der Waals surface area contributed by atoms with Gasteiger partial charge in [-0.25, -0.2) is 9.97 Å². The number of para-hydroxylation sites is 1. The highest BCUT2D eigenvalue weighted by molar-refractivity contribution is 5.88. The Balaban J connectivity index is 2.33. The smallest absolute Gasteiger partial charge is 0.137 e. The van der Waals surface area contributed by atoms with Crippen LogP contribution in [0.25, 0.3) is 10.9 Å². The van der Waals surface area contributed by atoms with E-state index in [9.17, 15) is 5.11 Å². The highest BCUT2D eigenvalue weighted by Crippen LogP contribution is 2.20. The van der Waals surface area contributed by atoms with E-state index in [-0.39, 0.29) is 6.10 Å². The number of fused-ring (bicyclic) bond motifs is 1. The first-order chi connectivity index (χ1) is 9.24. The summed E-state index contributed by atoms with van der Waals surface area (Å²) in [5, 5.41) is 13.8. The zero-order valence-electron chi connectivity index (χ0n) is 11.1. The van der Waals surface area contributed by atoms with E-state index in [0.29, 0.717) is 25.9 Å². The van der Waals surface area contributed by atoms with Gasteiger partial charge in [0, 0.05) is 18.4 Å². The molecule has 0 aliphatic carbocycles. The van der Waals surface area contributed by atoms with Gasteiger partial charge in [0.05, 0.1) is 11.6 Å². The lowest BCUT2D eigenvalue weighted by Gasteiger charge is -2.13. The van der Waals surface area contributed by atoms with Gasteiger partial charge in [0.1, 0.15) is 11.6 Å². The first-order valence-electron chi connectivity index (χ1n) is 6.62. The lowest BCUT2D eigenvalue weighted by atomic mass is 10.2. The van der Waals surface area contributed by atoms with E-state index in [1.54, 1.807) is 0 Å². The Morgan fingerprint density at radius 1 is 1.32 bits per heavy atom. The number of aliphatic hydroxyl groups is 1. The third-order valence-electron chi connectivity index (χ3n) is 2.99. The van der Waals surface area contributed by atoms with Crippen molar-refractivity contribution in [1.82, 2.24) is 9.97 Å². The minimum absolute atomic E-state index is 0.369. The maximum Gasteiger partial charge on any atom is 0.137 e. The Kier molecular flexibility index (Phi) is 4.65. The topological polar surface area (TPSA) is 84.1 Å². The molecule has 0 bridgehead atoms. The van der Waals surface area contributed by atoms with Crippen LogP contribution >= 0.6 is 0 Å². The van der Waals surface area contributed by atoms with Crippen molar-refractivity contribution < 1.29 is 5.11 Å². The van der Waals surface area contributed by atoms with E-state index in [4.69, 9.17) is 5.73 Å². The summed E-state index contributed by atoms with van der Waals surface area (Å²) in [6.07, 6.45) is 0.994. The maximum absolute atomic E-state index is 9.64. The molecule has 0 amide bonds.